The molecule has 2 N–H and O–H groups in total. The summed E-state index contributed by atoms with van der Waals surface area (Å²) in [5, 5.41) is 6.64. The Kier molecular flexibility index (Phi) is 13.1. The lowest BCUT2D eigenvalue weighted by Gasteiger charge is -2.17. The van der Waals surface area contributed by atoms with Crippen LogP contribution in [0.15, 0.2) is 29.3 Å². The van der Waals surface area contributed by atoms with E-state index >= 15 is 0 Å². The average molecular weight is 434 g/mol. The number of aryl methyl sites for hydroxylation is 1. The fourth-order valence-electron chi connectivity index (χ4n) is 1.93. The van der Waals surface area contributed by atoms with Gasteiger partial charge in [-0.3, -0.25) is 0 Å². The molecule has 0 aliphatic carbocycles. The van der Waals surface area contributed by atoms with Gasteiger partial charge in [0.25, 0.3) is 0 Å². The van der Waals surface area contributed by atoms with Gasteiger partial charge in [0.1, 0.15) is 0 Å². The van der Waals surface area contributed by atoms with Crippen LogP contribution in [0.1, 0.15) is 18.1 Å². The number of hydrogen-bond donors (Lipinski definition) is 2. The third-order valence-electron chi connectivity index (χ3n) is 3.35. The molecule has 0 bridgehead atoms. The van der Waals surface area contributed by atoms with Gasteiger partial charge in [0.2, 0.25) is 0 Å². The summed E-state index contributed by atoms with van der Waals surface area (Å²) in [4.78, 5) is 6.86. The largest absolute Gasteiger partial charge is 0.383 e. The third-order valence-corrected chi connectivity index (χ3v) is 3.35. The zero-order valence-corrected chi connectivity index (χ0v) is 17.1. The number of ether oxygens (including phenoxy) is 1. The van der Waals surface area contributed by atoms with Crippen LogP contribution < -0.4 is 10.6 Å². The predicted molar refractivity (Wildman–Crippen MR) is 109 cm³/mol. The maximum Gasteiger partial charge on any atom is 0.191 e. The van der Waals surface area contributed by atoms with Gasteiger partial charge in [-0.15, -0.1) is 24.0 Å². The molecule has 1 rings (SSSR count). The molecule has 0 aliphatic rings. The van der Waals surface area contributed by atoms with E-state index in [1.807, 2.05) is 0 Å². The van der Waals surface area contributed by atoms with E-state index in [0.717, 1.165) is 38.7 Å². The molecule has 0 amide bonds. The van der Waals surface area contributed by atoms with Gasteiger partial charge in [0, 0.05) is 33.3 Å². The smallest absolute Gasteiger partial charge is 0.191 e. The summed E-state index contributed by atoms with van der Waals surface area (Å²) in [6.07, 6.45) is 0. The Morgan fingerprint density at radius 2 is 1.87 bits per heavy atom. The summed E-state index contributed by atoms with van der Waals surface area (Å²) in [5.41, 5.74) is 2.50. The number of aliphatic imine (C=N–C) groups is 1. The van der Waals surface area contributed by atoms with E-state index in [1.54, 1.807) is 7.11 Å². The van der Waals surface area contributed by atoms with E-state index in [0.29, 0.717) is 6.54 Å². The molecule has 1 aromatic carbocycles. The Balaban J connectivity index is 0.00000484. The second-order valence-corrected chi connectivity index (χ2v) is 5.40. The maximum atomic E-state index is 5.08. The Morgan fingerprint density at radius 3 is 2.48 bits per heavy atom. The van der Waals surface area contributed by atoms with Crippen molar-refractivity contribution in [3.63, 3.8) is 0 Å². The number of nitrogens with one attached hydrogen (secondary N) is 2. The molecule has 0 heterocycles. The van der Waals surface area contributed by atoms with E-state index in [4.69, 9.17) is 4.74 Å². The SMILES string of the molecule is CCNC(=NCc1ccc(C)cc1)NCCN(C)CCOC.I. The zero-order valence-electron chi connectivity index (χ0n) is 14.8. The van der Waals surface area contributed by atoms with Gasteiger partial charge >= 0.3 is 0 Å². The Hall–Kier alpha value is -0.860. The Labute approximate surface area is 157 Å². The molecular weight excluding hydrogens is 403 g/mol. The van der Waals surface area contributed by atoms with Crippen LogP contribution in [0.25, 0.3) is 0 Å². The summed E-state index contributed by atoms with van der Waals surface area (Å²) in [7, 11) is 3.82. The highest BCUT2D eigenvalue weighted by Gasteiger charge is 2.00. The standard InChI is InChI=1S/C17H30N4O.HI/c1-5-18-17(19-10-11-21(3)12-13-22-4)20-14-16-8-6-15(2)7-9-16;/h6-9H,5,10-14H2,1-4H3,(H2,18,19,20);1H. The fourth-order valence-corrected chi connectivity index (χ4v) is 1.93. The molecule has 0 fully saturated rings. The van der Waals surface area contributed by atoms with Gasteiger partial charge in [0.05, 0.1) is 13.2 Å². The molecule has 132 valence electrons. The molecule has 0 spiro atoms. The summed E-state index contributed by atoms with van der Waals surface area (Å²) >= 11 is 0. The van der Waals surface area contributed by atoms with Crippen molar-refractivity contribution in [2.45, 2.75) is 20.4 Å². The van der Waals surface area contributed by atoms with Gasteiger partial charge in [0.15, 0.2) is 5.96 Å². The number of benzene rings is 1. The van der Waals surface area contributed by atoms with Crippen LogP contribution in [0, 0.1) is 6.92 Å². The first kappa shape index (κ1) is 22.1. The van der Waals surface area contributed by atoms with Crippen molar-refractivity contribution >= 4 is 29.9 Å². The highest BCUT2D eigenvalue weighted by molar-refractivity contribution is 14.0. The van der Waals surface area contributed by atoms with Crippen LogP contribution in [0.2, 0.25) is 0 Å². The van der Waals surface area contributed by atoms with E-state index < -0.39 is 0 Å². The third kappa shape index (κ3) is 10.5. The minimum absolute atomic E-state index is 0. The minimum Gasteiger partial charge on any atom is -0.383 e. The lowest BCUT2D eigenvalue weighted by atomic mass is 10.1. The lowest BCUT2D eigenvalue weighted by molar-refractivity contribution is 0.162. The van der Waals surface area contributed by atoms with Crippen LogP contribution in [0.4, 0.5) is 0 Å². The van der Waals surface area contributed by atoms with Crippen molar-refractivity contribution in [3.05, 3.63) is 35.4 Å². The van der Waals surface area contributed by atoms with Gasteiger partial charge in [-0.2, -0.15) is 0 Å². The normalized spacial score (nSPS) is 11.3. The molecule has 23 heavy (non-hydrogen) atoms. The van der Waals surface area contributed by atoms with E-state index in [1.165, 1.54) is 11.1 Å². The second-order valence-electron chi connectivity index (χ2n) is 5.40. The van der Waals surface area contributed by atoms with E-state index in [2.05, 4.69) is 65.7 Å². The summed E-state index contributed by atoms with van der Waals surface area (Å²) in [6, 6.07) is 8.49. The maximum absolute atomic E-state index is 5.08. The molecule has 1 aromatic rings. The number of likely N-dealkylation sites (N-methyl/N-ethyl adjacent to an activating group) is 1. The predicted octanol–water partition coefficient (Wildman–Crippen LogP) is 2.25. The molecule has 0 radical (unpaired) electrons. The Morgan fingerprint density at radius 1 is 1.17 bits per heavy atom. The lowest BCUT2D eigenvalue weighted by Crippen LogP contribution is -2.41. The first-order valence-electron chi connectivity index (χ1n) is 7.91. The van der Waals surface area contributed by atoms with Crippen molar-refractivity contribution in [2.24, 2.45) is 4.99 Å². The monoisotopic (exact) mass is 434 g/mol. The summed E-state index contributed by atoms with van der Waals surface area (Å²) in [6.45, 7) is 9.24. The number of rotatable bonds is 9. The first-order valence-corrected chi connectivity index (χ1v) is 7.91. The van der Waals surface area contributed by atoms with Crippen molar-refractivity contribution in [3.8, 4) is 0 Å². The molecule has 0 aromatic heterocycles. The molecule has 5 nitrogen and oxygen atoms in total. The summed E-state index contributed by atoms with van der Waals surface area (Å²) in [5.74, 6) is 0.864. The fraction of sp³-hybridized carbons (Fsp3) is 0.588. The van der Waals surface area contributed by atoms with Gasteiger partial charge in [-0.25, -0.2) is 4.99 Å². The van der Waals surface area contributed by atoms with Crippen molar-refractivity contribution in [1.82, 2.24) is 15.5 Å². The summed E-state index contributed by atoms with van der Waals surface area (Å²) < 4.78 is 5.08. The van der Waals surface area contributed by atoms with Crippen molar-refractivity contribution in [1.29, 1.82) is 0 Å². The number of nitrogens with zero attached hydrogens (tertiary/aromatic N) is 2. The molecule has 0 saturated carbocycles. The van der Waals surface area contributed by atoms with Crippen LogP contribution in [-0.4, -0.2) is 57.8 Å². The Bertz CT molecular complexity index is 437. The van der Waals surface area contributed by atoms with Crippen LogP contribution in [0.3, 0.4) is 0 Å². The first-order chi connectivity index (χ1) is 10.7. The molecular formula is C17H31IN4O. The van der Waals surface area contributed by atoms with Gasteiger partial charge in [-0.1, -0.05) is 29.8 Å². The molecule has 0 saturated heterocycles. The van der Waals surface area contributed by atoms with Crippen LogP contribution in [0.5, 0.6) is 0 Å². The van der Waals surface area contributed by atoms with Gasteiger partial charge < -0.3 is 20.3 Å². The average Bonchev–Trinajstić information content (AvgIpc) is 2.52. The molecule has 0 unspecified atom stereocenters. The number of halogens is 1. The van der Waals surface area contributed by atoms with E-state index in [-0.39, 0.29) is 24.0 Å². The quantitative estimate of drug-likeness (QED) is 0.356. The molecule has 6 heteroatoms. The van der Waals surface area contributed by atoms with Gasteiger partial charge in [-0.05, 0) is 26.5 Å². The second kappa shape index (κ2) is 13.6. The van der Waals surface area contributed by atoms with Crippen molar-refractivity contribution < 1.29 is 4.74 Å². The topological polar surface area (TPSA) is 48.9 Å². The van der Waals surface area contributed by atoms with Crippen LogP contribution >= 0.6 is 24.0 Å². The number of hydrogen-bond acceptors (Lipinski definition) is 3. The van der Waals surface area contributed by atoms with Crippen molar-refractivity contribution in [2.75, 3.05) is 46.9 Å². The number of methoxy groups -OCH3 is 1. The number of guanidine groups is 1. The molecule has 0 atom stereocenters. The highest BCUT2D eigenvalue weighted by Crippen LogP contribution is 2.04. The van der Waals surface area contributed by atoms with E-state index in [9.17, 15) is 0 Å². The van der Waals surface area contributed by atoms with Crippen LogP contribution in [-0.2, 0) is 11.3 Å². The zero-order chi connectivity index (χ0) is 16.2. The molecule has 0 aliphatic heterocycles. The minimum atomic E-state index is 0. The highest BCUT2D eigenvalue weighted by atomic mass is 127.